The average molecular weight is 650 g/mol. The van der Waals surface area contributed by atoms with Gasteiger partial charge in [-0.15, -0.1) is 0 Å². The largest absolute Gasteiger partial charge is 0.487 e. The van der Waals surface area contributed by atoms with Crippen molar-refractivity contribution in [3.05, 3.63) is 77.0 Å². The molecule has 0 fully saturated rings. The third-order valence-electron chi connectivity index (χ3n) is 3.51. The number of rotatable bonds is 5. The average Bonchev–Trinajstić information content (AvgIpc) is 2.94. The van der Waals surface area contributed by atoms with Gasteiger partial charge in [0.05, 0.1) is 12.7 Å². The Morgan fingerprint density at radius 3 is 2.59 bits per heavy atom. The second-order valence-corrected chi connectivity index (χ2v) is 9.05. The fraction of sp³-hybridized carbons (Fsp3) is 0.100. The van der Waals surface area contributed by atoms with Crippen LogP contribution >= 0.6 is 61.1 Å². The Morgan fingerprint density at radius 2 is 1.96 bits per heavy atom. The van der Waals surface area contributed by atoms with E-state index < -0.39 is 5.97 Å². The monoisotopic (exact) mass is 649 g/mol. The van der Waals surface area contributed by atoms with Crippen molar-refractivity contribution in [1.29, 1.82) is 0 Å². The molecule has 7 heteroatoms. The molecule has 0 aromatic heterocycles. The van der Waals surface area contributed by atoms with Crippen molar-refractivity contribution >= 4 is 79.1 Å². The Balaban J connectivity index is 1.91. The molecule has 0 aliphatic carbocycles. The number of esters is 1. The van der Waals surface area contributed by atoms with Gasteiger partial charge in [0, 0.05) is 4.47 Å². The highest BCUT2D eigenvalue weighted by atomic mass is 127. The van der Waals surface area contributed by atoms with Crippen LogP contribution in [0.15, 0.2) is 63.7 Å². The Bertz CT molecular complexity index is 975. The molecular formula is C20H14BrI2NO3. The molecule has 27 heavy (non-hydrogen) atoms. The van der Waals surface area contributed by atoms with Gasteiger partial charge in [-0.05, 0) is 110 Å². The first-order valence-corrected chi connectivity index (χ1v) is 10.8. The van der Waals surface area contributed by atoms with Gasteiger partial charge >= 0.3 is 5.97 Å². The van der Waals surface area contributed by atoms with Gasteiger partial charge in [0.15, 0.2) is 5.70 Å². The van der Waals surface area contributed by atoms with Crippen molar-refractivity contribution in [1.82, 2.24) is 0 Å². The third-order valence-corrected chi connectivity index (χ3v) is 5.81. The van der Waals surface area contributed by atoms with Crippen molar-refractivity contribution in [3.63, 3.8) is 0 Å². The van der Waals surface area contributed by atoms with E-state index in [1.54, 1.807) is 6.08 Å². The van der Waals surface area contributed by atoms with Crippen molar-refractivity contribution in [2.45, 2.75) is 6.92 Å². The second kappa shape index (κ2) is 8.87. The molecular weight excluding hydrogens is 636 g/mol. The summed E-state index contributed by atoms with van der Waals surface area (Å²) in [4.78, 5) is 16.6. The van der Waals surface area contributed by atoms with Gasteiger partial charge < -0.3 is 9.47 Å². The molecule has 0 atom stereocenters. The van der Waals surface area contributed by atoms with Crippen LogP contribution < -0.4 is 4.74 Å². The number of hydrogen-bond donors (Lipinski definition) is 0. The van der Waals surface area contributed by atoms with E-state index in [-0.39, 0.29) is 5.70 Å². The molecule has 0 spiro atoms. The maximum atomic E-state index is 12.2. The van der Waals surface area contributed by atoms with E-state index in [4.69, 9.17) is 9.47 Å². The van der Waals surface area contributed by atoms with Gasteiger partial charge in [0.1, 0.15) is 12.4 Å². The molecule has 0 unspecified atom stereocenters. The molecule has 4 nitrogen and oxygen atoms in total. The number of cyclic esters (lactones) is 1. The molecule has 2 aromatic rings. The van der Waals surface area contributed by atoms with Gasteiger partial charge in [-0.2, -0.15) is 0 Å². The Morgan fingerprint density at radius 1 is 1.30 bits per heavy atom. The highest BCUT2D eigenvalue weighted by Gasteiger charge is 2.25. The summed E-state index contributed by atoms with van der Waals surface area (Å²) in [5.41, 5.74) is 2.82. The number of benzene rings is 2. The molecule has 3 rings (SSSR count). The lowest BCUT2D eigenvalue weighted by Crippen LogP contribution is -2.06. The minimum Gasteiger partial charge on any atom is -0.487 e. The van der Waals surface area contributed by atoms with Crippen LogP contribution in [0.1, 0.15) is 18.1 Å². The van der Waals surface area contributed by atoms with Crippen LogP contribution in [0.3, 0.4) is 0 Å². The van der Waals surface area contributed by atoms with Gasteiger partial charge in [-0.3, -0.25) is 0 Å². The molecule has 1 aliphatic rings. The van der Waals surface area contributed by atoms with E-state index in [9.17, 15) is 4.79 Å². The van der Waals surface area contributed by atoms with E-state index in [2.05, 4.69) is 72.7 Å². The quantitative estimate of drug-likeness (QED) is 0.174. The van der Waals surface area contributed by atoms with Crippen LogP contribution in [0.2, 0.25) is 0 Å². The van der Waals surface area contributed by atoms with Crippen molar-refractivity contribution in [2.75, 3.05) is 6.61 Å². The van der Waals surface area contributed by atoms with Crippen LogP contribution in [-0.4, -0.2) is 18.5 Å². The van der Waals surface area contributed by atoms with E-state index in [1.807, 2.05) is 43.3 Å². The summed E-state index contributed by atoms with van der Waals surface area (Å²) < 4.78 is 13.9. The summed E-state index contributed by atoms with van der Waals surface area (Å²) in [5, 5.41) is 0. The lowest BCUT2D eigenvalue weighted by molar-refractivity contribution is -0.129. The lowest BCUT2D eigenvalue weighted by Gasteiger charge is -2.11. The maximum Gasteiger partial charge on any atom is 0.363 e. The molecule has 0 amide bonds. The number of aliphatic imine (C=N–C) groups is 1. The first-order valence-electron chi connectivity index (χ1n) is 7.89. The topological polar surface area (TPSA) is 47.9 Å². The highest BCUT2D eigenvalue weighted by molar-refractivity contribution is 14.1. The molecule has 2 aromatic carbocycles. The van der Waals surface area contributed by atoms with Crippen LogP contribution in [-0.2, 0) is 9.53 Å². The third kappa shape index (κ3) is 5.00. The SMILES string of the molecule is C=C(C)COc1c(I)cc(/C=C2\N=C(c3ccccc3Br)OC2=O)cc1I. The van der Waals surface area contributed by atoms with E-state index >= 15 is 0 Å². The second-order valence-electron chi connectivity index (χ2n) is 5.88. The molecule has 1 aliphatic heterocycles. The first kappa shape index (κ1) is 20.5. The number of ether oxygens (including phenoxy) is 2. The number of carbonyl (C=O) groups is 1. The summed E-state index contributed by atoms with van der Waals surface area (Å²) in [6, 6.07) is 11.4. The molecule has 0 radical (unpaired) electrons. The fourth-order valence-electron chi connectivity index (χ4n) is 2.31. The van der Waals surface area contributed by atoms with E-state index in [1.165, 1.54) is 0 Å². The zero-order chi connectivity index (χ0) is 19.6. The van der Waals surface area contributed by atoms with Crippen molar-refractivity contribution in [3.8, 4) is 5.75 Å². The maximum absolute atomic E-state index is 12.2. The number of hydrogen-bond acceptors (Lipinski definition) is 4. The molecule has 138 valence electrons. The lowest BCUT2D eigenvalue weighted by atomic mass is 10.2. The summed E-state index contributed by atoms with van der Waals surface area (Å²) in [5.74, 6) is 0.644. The summed E-state index contributed by atoms with van der Waals surface area (Å²) in [6.07, 6.45) is 1.72. The Hall–Kier alpha value is -1.20. The molecule has 0 bridgehead atoms. The van der Waals surface area contributed by atoms with Crippen LogP contribution in [0, 0.1) is 7.14 Å². The Kier molecular flexibility index (Phi) is 6.74. The Labute approximate surface area is 193 Å². The standard InChI is InChI=1S/C20H14BrI2NO3/c1-11(2)10-26-18-15(22)7-12(8-16(18)23)9-17-20(25)27-19(24-17)13-5-3-4-6-14(13)21/h3-9H,1,10H2,2H3/b17-9-. The first-order chi connectivity index (χ1) is 12.8. The number of nitrogens with zero attached hydrogens (tertiary/aromatic N) is 1. The van der Waals surface area contributed by atoms with Gasteiger partial charge in [-0.1, -0.05) is 18.7 Å². The van der Waals surface area contributed by atoms with Crippen molar-refractivity contribution < 1.29 is 14.3 Å². The molecule has 1 heterocycles. The number of halogens is 3. The van der Waals surface area contributed by atoms with E-state index in [0.29, 0.717) is 12.5 Å². The zero-order valence-electron chi connectivity index (χ0n) is 14.3. The zero-order valence-corrected chi connectivity index (χ0v) is 20.2. The van der Waals surface area contributed by atoms with Crippen LogP contribution in [0.25, 0.3) is 6.08 Å². The van der Waals surface area contributed by atoms with Crippen LogP contribution in [0.4, 0.5) is 0 Å². The highest BCUT2D eigenvalue weighted by Crippen LogP contribution is 2.31. The smallest absolute Gasteiger partial charge is 0.363 e. The predicted molar refractivity (Wildman–Crippen MR) is 127 cm³/mol. The number of carbonyl (C=O) groups excluding carboxylic acids is 1. The summed E-state index contributed by atoms with van der Waals surface area (Å²) in [6.45, 7) is 6.25. The minimum absolute atomic E-state index is 0.267. The molecule has 0 N–H and O–H groups in total. The van der Waals surface area contributed by atoms with Crippen LogP contribution in [0.5, 0.6) is 5.75 Å². The minimum atomic E-state index is -0.464. The van der Waals surface area contributed by atoms with Gasteiger partial charge in [-0.25, -0.2) is 9.79 Å². The van der Waals surface area contributed by atoms with Gasteiger partial charge in [0.2, 0.25) is 5.90 Å². The molecule has 0 saturated carbocycles. The fourth-order valence-corrected chi connectivity index (χ4v) is 4.90. The summed E-state index contributed by atoms with van der Waals surface area (Å²) >= 11 is 7.89. The van der Waals surface area contributed by atoms with E-state index in [0.717, 1.165) is 34.1 Å². The summed E-state index contributed by atoms with van der Waals surface area (Å²) in [7, 11) is 0. The molecule has 0 saturated heterocycles. The predicted octanol–water partition coefficient (Wildman–Crippen LogP) is 5.96. The van der Waals surface area contributed by atoms with Gasteiger partial charge in [0.25, 0.3) is 0 Å². The normalized spacial score (nSPS) is 14.9. The van der Waals surface area contributed by atoms with Crippen molar-refractivity contribution in [2.24, 2.45) is 4.99 Å².